The molecular formula is C16H29N3O4S. The number of thiol groups is 1. The highest BCUT2D eigenvalue weighted by molar-refractivity contribution is 7.80. The number of carbonyl (C=O) groups excluding carboxylic acids is 4. The van der Waals surface area contributed by atoms with Crippen LogP contribution in [-0.2, 0) is 19.2 Å². The summed E-state index contributed by atoms with van der Waals surface area (Å²) in [5.41, 5.74) is 5.31. The topological polar surface area (TPSA) is 118 Å². The summed E-state index contributed by atoms with van der Waals surface area (Å²) in [4.78, 5) is 47.4. The second-order valence-electron chi connectivity index (χ2n) is 6.00. The van der Waals surface area contributed by atoms with E-state index in [-0.39, 0.29) is 36.2 Å². The Morgan fingerprint density at radius 1 is 1.00 bits per heavy atom. The van der Waals surface area contributed by atoms with E-state index < -0.39 is 17.9 Å². The molecule has 0 aromatic rings. The number of nitrogens with two attached hydrogens (primary N) is 1. The van der Waals surface area contributed by atoms with Gasteiger partial charge in [0.1, 0.15) is 5.78 Å². The summed E-state index contributed by atoms with van der Waals surface area (Å²) >= 11 is 3.98. The first-order valence-electron chi connectivity index (χ1n) is 8.16. The van der Waals surface area contributed by atoms with Crippen LogP contribution in [0.1, 0.15) is 40.0 Å². The van der Waals surface area contributed by atoms with Crippen LogP contribution in [0.4, 0.5) is 0 Å². The van der Waals surface area contributed by atoms with Crippen LogP contribution in [-0.4, -0.2) is 48.3 Å². The van der Waals surface area contributed by atoms with Crippen molar-refractivity contribution >= 4 is 36.0 Å². The van der Waals surface area contributed by atoms with Crippen molar-refractivity contribution in [2.24, 2.45) is 17.6 Å². The van der Waals surface area contributed by atoms with E-state index in [9.17, 15) is 19.2 Å². The van der Waals surface area contributed by atoms with Gasteiger partial charge in [0.25, 0.3) is 0 Å². The Hall–Kier alpha value is -1.41. The van der Waals surface area contributed by atoms with Crippen molar-refractivity contribution in [3.05, 3.63) is 0 Å². The molecule has 7 nitrogen and oxygen atoms in total. The molecule has 0 fully saturated rings. The molecule has 3 atom stereocenters. The van der Waals surface area contributed by atoms with Gasteiger partial charge in [-0.25, -0.2) is 0 Å². The summed E-state index contributed by atoms with van der Waals surface area (Å²) < 4.78 is 0. The molecule has 0 saturated heterocycles. The monoisotopic (exact) mass is 359 g/mol. The third kappa shape index (κ3) is 9.02. The molecule has 0 radical (unpaired) electrons. The van der Waals surface area contributed by atoms with Gasteiger partial charge in [0.15, 0.2) is 5.78 Å². The number of ketones is 2. The SMILES string of the molecule is CC(CC(=O)C(C)NC(=O)C(C)CC(=O)CCS)C(=O)NCCN. The number of amides is 2. The van der Waals surface area contributed by atoms with Crippen molar-refractivity contribution in [3.8, 4) is 0 Å². The molecule has 0 aliphatic heterocycles. The van der Waals surface area contributed by atoms with Gasteiger partial charge in [0.2, 0.25) is 11.8 Å². The Morgan fingerprint density at radius 3 is 2.12 bits per heavy atom. The lowest BCUT2D eigenvalue weighted by Gasteiger charge is -2.18. The van der Waals surface area contributed by atoms with Crippen LogP contribution >= 0.6 is 12.6 Å². The minimum atomic E-state index is -0.704. The molecule has 8 heteroatoms. The number of hydrogen-bond acceptors (Lipinski definition) is 6. The summed E-state index contributed by atoms with van der Waals surface area (Å²) in [5, 5.41) is 5.22. The molecule has 0 saturated carbocycles. The maximum Gasteiger partial charge on any atom is 0.223 e. The minimum absolute atomic E-state index is 0.0307. The lowest BCUT2D eigenvalue weighted by atomic mass is 9.98. The fourth-order valence-corrected chi connectivity index (χ4v) is 2.29. The van der Waals surface area contributed by atoms with Crippen molar-refractivity contribution in [1.29, 1.82) is 0 Å². The van der Waals surface area contributed by atoms with Gasteiger partial charge in [-0.1, -0.05) is 13.8 Å². The highest BCUT2D eigenvalue weighted by atomic mass is 32.1. The van der Waals surface area contributed by atoms with Crippen LogP contribution in [0.2, 0.25) is 0 Å². The summed E-state index contributed by atoms with van der Waals surface area (Å²) in [5.74, 6) is -1.38. The van der Waals surface area contributed by atoms with Gasteiger partial charge in [-0.05, 0) is 12.7 Å². The largest absolute Gasteiger partial charge is 0.355 e. The van der Waals surface area contributed by atoms with E-state index in [1.807, 2.05) is 0 Å². The van der Waals surface area contributed by atoms with Gasteiger partial charge in [-0.3, -0.25) is 19.2 Å². The summed E-state index contributed by atoms with van der Waals surface area (Å²) in [6.45, 7) is 5.57. The lowest BCUT2D eigenvalue weighted by Crippen LogP contribution is -2.43. The standard InChI is InChI=1S/C16H29N3O4S/c1-10(8-13(20)4-7-24)16(23)19-12(3)14(21)9-11(2)15(22)18-6-5-17/h10-12,24H,4-9,17H2,1-3H3,(H,18,22)(H,19,23). The lowest BCUT2D eigenvalue weighted by molar-refractivity contribution is -0.133. The molecule has 0 aliphatic carbocycles. The Balaban J connectivity index is 4.36. The van der Waals surface area contributed by atoms with Crippen molar-refractivity contribution in [2.75, 3.05) is 18.8 Å². The zero-order valence-electron chi connectivity index (χ0n) is 14.6. The number of Topliss-reactive ketones (excluding diaryl/α,β-unsaturated/α-hetero) is 2. The number of nitrogens with one attached hydrogen (secondary N) is 2. The summed E-state index contributed by atoms with van der Waals surface area (Å²) in [7, 11) is 0. The fraction of sp³-hybridized carbons (Fsp3) is 0.750. The third-order valence-electron chi connectivity index (χ3n) is 3.61. The molecule has 3 unspecified atom stereocenters. The quantitative estimate of drug-likeness (QED) is 0.368. The van der Waals surface area contributed by atoms with Crippen LogP contribution < -0.4 is 16.4 Å². The molecule has 0 aliphatic rings. The maximum atomic E-state index is 12.1. The molecule has 2 amide bonds. The van der Waals surface area contributed by atoms with Crippen LogP contribution in [0.5, 0.6) is 0 Å². The molecule has 24 heavy (non-hydrogen) atoms. The molecule has 0 bridgehead atoms. The van der Waals surface area contributed by atoms with E-state index in [2.05, 4.69) is 23.3 Å². The Morgan fingerprint density at radius 2 is 1.58 bits per heavy atom. The van der Waals surface area contributed by atoms with Gasteiger partial charge in [0.05, 0.1) is 6.04 Å². The second kappa shape index (κ2) is 12.0. The highest BCUT2D eigenvalue weighted by Crippen LogP contribution is 2.08. The second-order valence-corrected chi connectivity index (χ2v) is 6.45. The molecule has 0 spiro atoms. The van der Waals surface area contributed by atoms with E-state index in [0.717, 1.165) is 0 Å². The fourth-order valence-electron chi connectivity index (χ4n) is 2.04. The summed E-state index contributed by atoms with van der Waals surface area (Å²) in [6.07, 6.45) is 0.487. The maximum absolute atomic E-state index is 12.1. The normalized spacial score (nSPS) is 14.4. The average molecular weight is 359 g/mol. The van der Waals surface area contributed by atoms with E-state index >= 15 is 0 Å². The Labute approximate surface area is 148 Å². The molecular weight excluding hydrogens is 330 g/mol. The first-order valence-corrected chi connectivity index (χ1v) is 8.79. The van der Waals surface area contributed by atoms with Gasteiger partial charge in [-0.15, -0.1) is 0 Å². The van der Waals surface area contributed by atoms with E-state index in [1.54, 1.807) is 20.8 Å². The van der Waals surface area contributed by atoms with E-state index in [1.165, 1.54) is 0 Å². The molecule has 0 heterocycles. The van der Waals surface area contributed by atoms with Gasteiger partial charge in [-0.2, -0.15) is 12.6 Å². The minimum Gasteiger partial charge on any atom is -0.355 e. The molecule has 0 aromatic heterocycles. The molecule has 0 aromatic carbocycles. The summed E-state index contributed by atoms with van der Waals surface area (Å²) in [6, 6.07) is -0.704. The zero-order valence-corrected chi connectivity index (χ0v) is 15.5. The highest BCUT2D eigenvalue weighted by Gasteiger charge is 2.24. The molecule has 4 N–H and O–H groups in total. The number of rotatable bonds is 12. The van der Waals surface area contributed by atoms with Gasteiger partial charge >= 0.3 is 0 Å². The van der Waals surface area contributed by atoms with Crippen molar-refractivity contribution < 1.29 is 19.2 Å². The Kier molecular flexibility index (Phi) is 11.3. The predicted molar refractivity (Wildman–Crippen MR) is 95.7 cm³/mol. The third-order valence-corrected chi connectivity index (χ3v) is 3.84. The zero-order chi connectivity index (χ0) is 18.7. The van der Waals surface area contributed by atoms with Crippen LogP contribution in [0, 0.1) is 11.8 Å². The number of hydrogen-bond donors (Lipinski definition) is 4. The Bertz CT molecular complexity index is 457. The van der Waals surface area contributed by atoms with Crippen LogP contribution in [0.3, 0.4) is 0 Å². The van der Waals surface area contributed by atoms with Crippen molar-refractivity contribution in [3.63, 3.8) is 0 Å². The predicted octanol–water partition coefficient (Wildman–Crippen LogP) is 0.0765. The first kappa shape index (κ1) is 22.6. The van der Waals surface area contributed by atoms with Crippen LogP contribution in [0.25, 0.3) is 0 Å². The van der Waals surface area contributed by atoms with Gasteiger partial charge < -0.3 is 16.4 Å². The van der Waals surface area contributed by atoms with E-state index in [4.69, 9.17) is 5.73 Å². The first-order chi connectivity index (χ1) is 11.2. The molecule has 138 valence electrons. The van der Waals surface area contributed by atoms with Gasteiger partial charge in [0, 0.05) is 44.2 Å². The smallest absolute Gasteiger partial charge is 0.223 e. The van der Waals surface area contributed by atoms with Crippen molar-refractivity contribution in [1.82, 2.24) is 10.6 Å². The molecule has 0 rings (SSSR count). The van der Waals surface area contributed by atoms with Crippen LogP contribution in [0.15, 0.2) is 0 Å². The van der Waals surface area contributed by atoms with Crippen molar-refractivity contribution in [2.45, 2.75) is 46.1 Å². The average Bonchev–Trinajstić information content (AvgIpc) is 2.52. The van der Waals surface area contributed by atoms with E-state index in [0.29, 0.717) is 25.3 Å². The number of carbonyl (C=O) groups is 4.